The molecule has 0 saturated heterocycles. The Bertz CT molecular complexity index is 612. The Morgan fingerprint density at radius 2 is 1.60 bits per heavy atom. The average molecular weight is 275 g/mol. The first-order chi connectivity index (χ1) is 9.47. The zero-order valence-electron chi connectivity index (χ0n) is 11.3. The van der Waals surface area contributed by atoms with Gasteiger partial charge in [0.15, 0.2) is 0 Å². The number of rotatable bonds is 3. The monoisotopic (exact) mass is 275 g/mol. The SMILES string of the molecule is Cc1cc(CNC(=O)c2ccc(F)cc2)cc(C)c1F. The summed E-state index contributed by atoms with van der Waals surface area (Å²) < 4.78 is 26.2. The summed E-state index contributed by atoms with van der Waals surface area (Å²) in [7, 11) is 0. The standard InChI is InChI=1S/C16H15F2NO/c1-10-7-12(8-11(2)15(10)18)9-19-16(20)13-3-5-14(17)6-4-13/h3-8H,9H2,1-2H3,(H,19,20). The third-order valence-corrected chi connectivity index (χ3v) is 3.06. The van der Waals surface area contributed by atoms with Gasteiger partial charge in [0.05, 0.1) is 0 Å². The minimum atomic E-state index is -0.383. The molecule has 0 bridgehead atoms. The van der Waals surface area contributed by atoms with E-state index in [1.54, 1.807) is 26.0 Å². The van der Waals surface area contributed by atoms with Crippen LogP contribution in [0.1, 0.15) is 27.0 Å². The number of carbonyl (C=O) groups excluding carboxylic acids is 1. The molecule has 0 aromatic heterocycles. The number of amides is 1. The average Bonchev–Trinajstić information content (AvgIpc) is 2.42. The van der Waals surface area contributed by atoms with Crippen molar-refractivity contribution in [1.29, 1.82) is 0 Å². The van der Waals surface area contributed by atoms with Crippen molar-refractivity contribution in [2.45, 2.75) is 20.4 Å². The second-order valence-corrected chi connectivity index (χ2v) is 4.73. The Morgan fingerprint density at radius 3 is 2.15 bits per heavy atom. The van der Waals surface area contributed by atoms with E-state index in [2.05, 4.69) is 5.32 Å². The second-order valence-electron chi connectivity index (χ2n) is 4.73. The summed E-state index contributed by atoms with van der Waals surface area (Å²) in [5, 5.41) is 2.72. The molecule has 0 saturated carbocycles. The van der Waals surface area contributed by atoms with Crippen LogP contribution in [-0.4, -0.2) is 5.91 Å². The van der Waals surface area contributed by atoms with Gasteiger partial charge in [-0.15, -0.1) is 0 Å². The van der Waals surface area contributed by atoms with Crippen LogP contribution in [0.25, 0.3) is 0 Å². The van der Waals surface area contributed by atoms with E-state index >= 15 is 0 Å². The number of hydrogen-bond acceptors (Lipinski definition) is 1. The summed E-state index contributed by atoms with van der Waals surface area (Å²) in [4.78, 5) is 11.9. The molecule has 0 fully saturated rings. The predicted molar refractivity (Wildman–Crippen MR) is 73.4 cm³/mol. The van der Waals surface area contributed by atoms with Crippen molar-refractivity contribution in [3.05, 3.63) is 70.3 Å². The predicted octanol–water partition coefficient (Wildman–Crippen LogP) is 3.51. The molecule has 0 atom stereocenters. The fourth-order valence-corrected chi connectivity index (χ4v) is 2.02. The number of benzene rings is 2. The van der Waals surface area contributed by atoms with E-state index in [1.807, 2.05) is 0 Å². The third kappa shape index (κ3) is 3.20. The van der Waals surface area contributed by atoms with Crippen molar-refractivity contribution in [3.8, 4) is 0 Å². The molecule has 2 aromatic rings. The quantitative estimate of drug-likeness (QED) is 0.912. The molecule has 0 aliphatic carbocycles. The molecule has 2 aromatic carbocycles. The van der Waals surface area contributed by atoms with Crippen LogP contribution in [-0.2, 0) is 6.54 Å². The molecule has 0 radical (unpaired) electrons. The Kier molecular flexibility index (Phi) is 4.13. The normalized spacial score (nSPS) is 10.4. The zero-order valence-corrected chi connectivity index (χ0v) is 11.3. The van der Waals surface area contributed by atoms with Crippen molar-refractivity contribution in [2.24, 2.45) is 0 Å². The molecule has 104 valence electrons. The second kappa shape index (κ2) is 5.82. The summed E-state index contributed by atoms with van der Waals surface area (Å²) in [6.07, 6.45) is 0. The minimum Gasteiger partial charge on any atom is -0.348 e. The van der Waals surface area contributed by atoms with Crippen LogP contribution in [0.15, 0.2) is 36.4 Å². The summed E-state index contributed by atoms with van der Waals surface area (Å²) >= 11 is 0. The fraction of sp³-hybridized carbons (Fsp3) is 0.188. The van der Waals surface area contributed by atoms with Gasteiger partial charge in [-0.05, 0) is 54.8 Å². The van der Waals surface area contributed by atoms with E-state index in [4.69, 9.17) is 0 Å². The number of hydrogen-bond donors (Lipinski definition) is 1. The van der Waals surface area contributed by atoms with Gasteiger partial charge in [0.25, 0.3) is 5.91 Å². The molecule has 0 aliphatic heterocycles. The topological polar surface area (TPSA) is 29.1 Å². The van der Waals surface area contributed by atoms with Crippen LogP contribution in [0.3, 0.4) is 0 Å². The van der Waals surface area contributed by atoms with Crippen LogP contribution in [0.2, 0.25) is 0 Å². The van der Waals surface area contributed by atoms with Crippen LogP contribution >= 0.6 is 0 Å². The summed E-state index contributed by atoms with van der Waals surface area (Å²) in [6, 6.07) is 8.72. The Morgan fingerprint density at radius 1 is 1.05 bits per heavy atom. The van der Waals surface area contributed by atoms with E-state index in [0.717, 1.165) is 5.56 Å². The number of aryl methyl sites for hydroxylation is 2. The first-order valence-electron chi connectivity index (χ1n) is 6.27. The van der Waals surface area contributed by atoms with Gasteiger partial charge in [-0.25, -0.2) is 8.78 Å². The molecule has 2 nitrogen and oxygen atoms in total. The fourth-order valence-electron chi connectivity index (χ4n) is 2.02. The van der Waals surface area contributed by atoms with Gasteiger partial charge in [-0.1, -0.05) is 12.1 Å². The van der Waals surface area contributed by atoms with E-state index < -0.39 is 0 Å². The maximum atomic E-state index is 13.5. The summed E-state index contributed by atoms with van der Waals surface area (Å²) in [5.41, 5.74) is 2.32. The van der Waals surface area contributed by atoms with Gasteiger partial charge < -0.3 is 5.32 Å². The molecular formula is C16H15F2NO. The zero-order chi connectivity index (χ0) is 14.7. The highest BCUT2D eigenvalue weighted by molar-refractivity contribution is 5.94. The highest BCUT2D eigenvalue weighted by atomic mass is 19.1. The van der Waals surface area contributed by atoms with Gasteiger partial charge in [-0.2, -0.15) is 0 Å². The van der Waals surface area contributed by atoms with Gasteiger partial charge in [0.1, 0.15) is 11.6 Å². The molecule has 0 aliphatic rings. The third-order valence-electron chi connectivity index (χ3n) is 3.06. The van der Waals surface area contributed by atoms with E-state index in [9.17, 15) is 13.6 Å². The van der Waals surface area contributed by atoms with Crippen molar-refractivity contribution < 1.29 is 13.6 Å². The highest BCUT2D eigenvalue weighted by Crippen LogP contribution is 2.14. The molecular weight excluding hydrogens is 260 g/mol. The molecule has 20 heavy (non-hydrogen) atoms. The molecule has 2 rings (SSSR count). The molecule has 4 heteroatoms. The maximum Gasteiger partial charge on any atom is 0.251 e. The number of halogens is 2. The molecule has 0 spiro atoms. The van der Waals surface area contributed by atoms with Gasteiger partial charge in [-0.3, -0.25) is 4.79 Å². The Balaban J connectivity index is 2.05. The van der Waals surface area contributed by atoms with Gasteiger partial charge >= 0.3 is 0 Å². The largest absolute Gasteiger partial charge is 0.348 e. The van der Waals surface area contributed by atoms with E-state index in [0.29, 0.717) is 23.2 Å². The molecule has 0 heterocycles. The van der Waals surface area contributed by atoms with E-state index in [-0.39, 0.29) is 17.5 Å². The number of carbonyl (C=O) groups is 1. The van der Waals surface area contributed by atoms with Crippen molar-refractivity contribution in [2.75, 3.05) is 0 Å². The molecule has 1 amide bonds. The van der Waals surface area contributed by atoms with Crippen molar-refractivity contribution in [1.82, 2.24) is 5.32 Å². The summed E-state index contributed by atoms with van der Waals surface area (Å²) in [6.45, 7) is 3.68. The molecule has 0 unspecified atom stereocenters. The Hall–Kier alpha value is -2.23. The highest BCUT2D eigenvalue weighted by Gasteiger charge is 2.07. The smallest absolute Gasteiger partial charge is 0.251 e. The maximum absolute atomic E-state index is 13.5. The van der Waals surface area contributed by atoms with Crippen molar-refractivity contribution >= 4 is 5.91 Å². The summed E-state index contributed by atoms with van der Waals surface area (Å²) in [5.74, 6) is -0.894. The lowest BCUT2D eigenvalue weighted by atomic mass is 10.1. The Labute approximate surface area is 116 Å². The van der Waals surface area contributed by atoms with Gasteiger partial charge in [0, 0.05) is 12.1 Å². The van der Waals surface area contributed by atoms with Gasteiger partial charge in [0.2, 0.25) is 0 Å². The first kappa shape index (κ1) is 14.2. The first-order valence-corrected chi connectivity index (χ1v) is 6.27. The van der Waals surface area contributed by atoms with Crippen molar-refractivity contribution in [3.63, 3.8) is 0 Å². The lowest BCUT2D eigenvalue weighted by Crippen LogP contribution is -2.22. The van der Waals surface area contributed by atoms with E-state index in [1.165, 1.54) is 24.3 Å². The lowest BCUT2D eigenvalue weighted by Gasteiger charge is -2.08. The lowest BCUT2D eigenvalue weighted by molar-refractivity contribution is 0.0951. The minimum absolute atomic E-state index is 0.224. The van der Waals surface area contributed by atoms with Crippen LogP contribution in [0.4, 0.5) is 8.78 Å². The van der Waals surface area contributed by atoms with Crippen LogP contribution < -0.4 is 5.32 Å². The van der Waals surface area contributed by atoms with Crippen LogP contribution in [0.5, 0.6) is 0 Å². The molecule has 1 N–H and O–H groups in total. The number of nitrogens with one attached hydrogen (secondary N) is 1. The van der Waals surface area contributed by atoms with Crippen LogP contribution in [0, 0.1) is 25.5 Å².